The maximum absolute atomic E-state index is 13.0. The summed E-state index contributed by atoms with van der Waals surface area (Å²) in [4.78, 5) is 25.4. The third-order valence-corrected chi connectivity index (χ3v) is 6.85. The lowest BCUT2D eigenvalue weighted by Crippen LogP contribution is -2.39. The van der Waals surface area contributed by atoms with E-state index < -0.39 is 10.0 Å². The van der Waals surface area contributed by atoms with Crippen LogP contribution in [0.1, 0.15) is 36.5 Å². The zero-order valence-electron chi connectivity index (χ0n) is 16.4. The highest BCUT2D eigenvalue weighted by molar-refractivity contribution is 7.92. The van der Waals surface area contributed by atoms with Gasteiger partial charge in [0.15, 0.2) is 0 Å². The number of anilines is 3. The first-order valence-corrected chi connectivity index (χ1v) is 11.1. The predicted octanol–water partition coefficient (Wildman–Crippen LogP) is 2.98. The summed E-state index contributed by atoms with van der Waals surface area (Å²) in [5.74, 6) is -0.0737. The van der Waals surface area contributed by atoms with Crippen molar-refractivity contribution in [3.63, 3.8) is 0 Å². The number of hydrogen-bond acceptors (Lipinski definition) is 4. The molecule has 0 aromatic heterocycles. The van der Waals surface area contributed by atoms with Gasteiger partial charge in [-0.15, -0.1) is 0 Å². The van der Waals surface area contributed by atoms with Gasteiger partial charge in [-0.2, -0.15) is 0 Å². The number of aryl methyl sites for hydroxylation is 3. The van der Waals surface area contributed by atoms with Crippen molar-refractivity contribution in [2.75, 3.05) is 21.5 Å². The molecule has 4 rings (SSSR count). The number of nitrogens with one attached hydrogen (secondary N) is 2. The van der Waals surface area contributed by atoms with Crippen LogP contribution in [0.15, 0.2) is 35.2 Å². The van der Waals surface area contributed by atoms with Crippen LogP contribution in [0.25, 0.3) is 0 Å². The zero-order chi connectivity index (χ0) is 20.8. The first-order chi connectivity index (χ1) is 13.7. The number of carbonyl (C=O) groups is 2. The molecule has 2 amide bonds. The molecule has 2 N–H and O–H groups in total. The Bertz CT molecular complexity index is 1110. The highest BCUT2D eigenvalue weighted by Crippen LogP contribution is 2.38. The molecule has 7 nitrogen and oxygen atoms in total. The van der Waals surface area contributed by atoms with Crippen LogP contribution in [-0.2, 0) is 32.5 Å². The van der Waals surface area contributed by atoms with E-state index in [4.69, 9.17) is 0 Å². The second kappa shape index (κ2) is 7.18. The van der Waals surface area contributed by atoms with E-state index in [2.05, 4.69) is 10.0 Å². The van der Waals surface area contributed by atoms with E-state index in [9.17, 15) is 18.0 Å². The molecule has 2 aliphatic rings. The van der Waals surface area contributed by atoms with Crippen LogP contribution in [0.2, 0.25) is 0 Å². The lowest BCUT2D eigenvalue weighted by Gasteiger charge is -2.35. The third-order valence-electron chi connectivity index (χ3n) is 5.31. The molecule has 2 aromatic carbocycles. The molecule has 0 spiro atoms. The molecule has 152 valence electrons. The fourth-order valence-electron chi connectivity index (χ4n) is 4.15. The van der Waals surface area contributed by atoms with Crippen molar-refractivity contribution >= 4 is 38.9 Å². The maximum Gasteiger partial charge on any atom is 0.262 e. The standard InChI is InChI=1S/C21H23N3O4S/c1-13-10-17(22-14(2)25)6-7-19(13)29(27,28)23-18-11-15-4-3-9-24-20(26)8-5-16(12-18)21(15)24/h6-7,10-12,23H,3-5,8-9H2,1-2H3,(H,22,25). The molecular formula is C21H23N3O4S. The van der Waals surface area contributed by atoms with E-state index in [1.165, 1.54) is 13.0 Å². The summed E-state index contributed by atoms with van der Waals surface area (Å²) in [5.41, 5.74) is 4.60. The molecule has 0 atom stereocenters. The molecular weight excluding hydrogens is 390 g/mol. The molecule has 0 aliphatic carbocycles. The van der Waals surface area contributed by atoms with Gasteiger partial charge in [0.2, 0.25) is 11.8 Å². The maximum atomic E-state index is 13.0. The van der Waals surface area contributed by atoms with Crippen molar-refractivity contribution < 1.29 is 18.0 Å². The molecule has 2 aromatic rings. The summed E-state index contributed by atoms with van der Waals surface area (Å²) >= 11 is 0. The second-order valence-electron chi connectivity index (χ2n) is 7.56. The van der Waals surface area contributed by atoms with Gasteiger partial charge < -0.3 is 10.2 Å². The van der Waals surface area contributed by atoms with Crippen molar-refractivity contribution in [2.45, 2.75) is 44.4 Å². The first kappa shape index (κ1) is 19.4. The molecule has 0 bridgehead atoms. The monoisotopic (exact) mass is 413 g/mol. The van der Waals surface area contributed by atoms with Crippen LogP contribution in [0.3, 0.4) is 0 Å². The van der Waals surface area contributed by atoms with E-state index in [0.717, 1.165) is 36.2 Å². The van der Waals surface area contributed by atoms with Crippen molar-refractivity contribution in [3.05, 3.63) is 47.0 Å². The Labute approximate surface area is 170 Å². The first-order valence-electron chi connectivity index (χ1n) is 9.62. The fraction of sp³-hybridized carbons (Fsp3) is 0.333. The minimum atomic E-state index is -3.79. The van der Waals surface area contributed by atoms with Crippen molar-refractivity contribution in [2.24, 2.45) is 0 Å². The Balaban J connectivity index is 1.66. The Hall–Kier alpha value is -2.87. The summed E-state index contributed by atoms with van der Waals surface area (Å²) in [5, 5.41) is 2.65. The average Bonchev–Trinajstić information content (AvgIpc) is 2.63. The van der Waals surface area contributed by atoms with Crippen LogP contribution < -0.4 is 14.9 Å². The Morgan fingerprint density at radius 2 is 1.76 bits per heavy atom. The van der Waals surface area contributed by atoms with Gasteiger partial charge in [-0.05, 0) is 73.2 Å². The SMILES string of the molecule is CC(=O)Nc1ccc(S(=O)(=O)Nc2cc3c4c(c2)CCC(=O)N4CCC3)c(C)c1. The predicted molar refractivity (Wildman–Crippen MR) is 112 cm³/mol. The molecule has 0 fully saturated rings. The summed E-state index contributed by atoms with van der Waals surface area (Å²) in [7, 11) is -3.79. The zero-order valence-corrected chi connectivity index (χ0v) is 17.2. The van der Waals surface area contributed by atoms with Crippen molar-refractivity contribution in [1.82, 2.24) is 0 Å². The minimum Gasteiger partial charge on any atom is -0.326 e. The molecule has 0 saturated carbocycles. The topological polar surface area (TPSA) is 95.6 Å². The molecule has 2 aliphatic heterocycles. The lowest BCUT2D eigenvalue weighted by atomic mass is 9.91. The van der Waals surface area contributed by atoms with E-state index in [1.807, 2.05) is 17.0 Å². The van der Waals surface area contributed by atoms with Gasteiger partial charge in [0.1, 0.15) is 0 Å². The number of rotatable bonds is 4. The van der Waals surface area contributed by atoms with E-state index in [0.29, 0.717) is 29.8 Å². The number of amides is 2. The summed E-state index contributed by atoms with van der Waals surface area (Å²) in [6.45, 7) is 3.82. The van der Waals surface area contributed by atoms with Crippen molar-refractivity contribution in [1.29, 1.82) is 0 Å². The lowest BCUT2D eigenvalue weighted by molar-refractivity contribution is -0.119. The fourth-order valence-corrected chi connectivity index (χ4v) is 5.42. The van der Waals surface area contributed by atoms with Gasteiger partial charge in [0.25, 0.3) is 10.0 Å². The number of benzene rings is 2. The number of carbonyl (C=O) groups excluding carboxylic acids is 2. The Morgan fingerprint density at radius 1 is 1.03 bits per heavy atom. The summed E-state index contributed by atoms with van der Waals surface area (Å²) in [6, 6.07) is 8.37. The Morgan fingerprint density at radius 3 is 2.45 bits per heavy atom. The van der Waals surface area contributed by atoms with Crippen LogP contribution >= 0.6 is 0 Å². The van der Waals surface area contributed by atoms with Crippen LogP contribution in [0, 0.1) is 6.92 Å². The average molecular weight is 413 g/mol. The molecule has 8 heteroatoms. The van der Waals surface area contributed by atoms with Gasteiger partial charge in [0.05, 0.1) is 10.6 Å². The van der Waals surface area contributed by atoms with Gasteiger partial charge >= 0.3 is 0 Å². The summed E-state index contributed by atoms with van der Waals surface area (Å²) < 4.78 is 28.7. The minimum absolute atomic E-state index is 0.140. The van der Waals surface area contributed by atoms with E-state index in [1.54, 1.807) is 19.1 Å². The second-order valence-corrected chi connectivity index (χ2v) is 9.21. The molecule has 0 unspecified atom stereocenters. The molecule has 2 heterocycles. The number of nitrogens with zero attached hydrogens (tertiary/aromatic N) is 1. The molecule has 29 heavy (non-hydrogen) atoms. The van der Waals surface area contributed by atoms with Gasteiger partial charge in [-0.25, -0.2) is 8.42 Å². The normalized spacial score (nSPS) is 15.7. The highest BCUT2D eigenvalue weighted by atomic mass is 32.2. The molecule has 0 radical (unpaired) electrons. The number of sulfonamides is 1. The van der Waals surface area contributed by atoms with E-state index >= 15 is 0 Å². The quantitative estimate of drug-likeness (QED) is 0.806. The summed E-state index contributed by atoms with van der Waals surface area (Å²) in [6.07, 6.45) is 2.77. The van der Waals surface area contributed by atoms with Crippen LogP contribution in [0.4, 0.5) is 17.1 Å². The smallest absolute Gasteiger partial charge is 0.262 e. The van der Waals surface area contributed by atoms with Crippen molar-refractivity contribution in [3.8, 4) is 0 Å². The van der Waals surface area contributed by atoms with Gasteiger partial charge in [0, 0.05) is 31.3 Å². The Kier molecular flexibility index (Phi) is 4.82. The van der Waals surface area contributed by atoms with Crippen LogP contribution in [0.5, 0.6) is 0 Å². The molecule has 0 saturated heterocycles. The largest absolute Gasteiger partial charge is 0.326 e. The van der Waals surface area contributed by atoms with Gasteiger partial charge in [-0.1, -0.05) is 0 Å². The number of hydrogen-bond donors (Lipinski definition) is 2. The third kappa shape index (κ3) is 3.72. The van der Waals surface area contributed by atoms with E-state index in [-0.39, 0.29) is 16.7 Å². The highest BCUT2D eigenvalue weighted by Gasteiger charge is 2.30. The van der Waals surface area contributed by atoms with Crippen LogP contribution in [-0.4, -0.2) is 26.8 Å². The van der Waals surface area contributed by atoms with Gasteiger partial charge in [-0.3, -0.25) is 14.3 Å².